The maximum absolute atomic E-state index is 2.70. The van der Waals surface area contributed by atoms with Crippen molar-refractivity contribution in [3.05, 3.63) is 128 Å². The van der Waals surface area contributed by atoms with Crippen molar-refractivity contribution in [1.29, 1.82) is 0 Å². The van der Waals surface area contributed by atoms with Crippen molar-refractivity contribution in [3.63, 3.8) is 0 Å². The van der Waals surface area contributed by atoms with Gasteiger partial charge in [0, 0.05) is 0 Å². The third-order valence-corrected chi connectivity index (χ3v) is 33.6. The Labute approximate surface area is 307 Å². The van der Waals surface area contributed by atoms with E-state index in [-0.39, 0.29) is 10.8 Å². The van der Waals surface area contributed by atoms with Crippen LogP contribution in [0.4, 0.5) is 0 Å². The van der Waals surface area contributed by atoms with E-state index < -0.39 is 26.8 Å². The van der Waals surface area contributed by atoms with Gasteiger partial charge in [-0.05, 0) is 0 Å². The Hall–Kier alpha value is -2.54. The summed E-state index contributed by atoms with van der Waals surface area (Å²) in [7, 11) is 0. The number of rotatable bonds is 6. The second-order valence-corrected chi connectivity index (χ2v) is 37.8. The summed E-state index contributed by atoms with van der Waals surface area (Å²) in [6, 6.07) is 26.2. The molecular weight excluding hydrogens is 684 g/mol. The third-order valence-electron chi connectivity index (χ3n) is 11.8. The Morgan fingerprint density at radius 3 is 1.67 bits per heavy atom. The molecule has 255 valence electrons. The van der Waals surface area contributed by atoms with Crippen molar-refractivity contribution in [1.82, 2.24) is 0 Å². The van der Waals surface area contributed by atoms with E-state index in [0.29, 0.717) is 13.2 Å². The molecule has 0 nitrogen and oxygen atoms in total. The number of allylic oxidation sites excluding steroid dienone is 2. The summed E-state index contributed by atoms with van der Waals surface area (Å²) in [6.07, 6.45) is 5.28. The molecule has 0 aliphatic heterocycles. The maximum atomic E-state index is 2.70. The molecule has 2 aliphatic carbocycles. The minimum atomic E-state index is -2.24. The van der Waals surface area contributed by atoms with E-state index in [2.05, 4.69) is 175 Å². The van der Waals surface area contributed by atoms with Crippen molar-refractivity contribution in [2.75, 3.05) is 0 Å². The number of hydrogen-bond donors (Lipinski definition) is 0. The molecule has 0 aromatic heterocycles. The summed E-state index contributed by atoms with van der Waals surface area (Å²) in [5.41, 5.74) is 22.9. The van der Waals surface area contributed by atoms with E-state index in [9.17, 15) is 0 Å². The quantitative estimate of drug-likeness (QED) is 0.173. The van der Waals surface area contributed by atoms with Crippen LogP contribution in [0.25, 0.3) is 34.4 Å². The molecule has 0 amide bonds. The Morgan fingerprint density at radius 1 is 0.612 bits per heavy atom. The molecule has 6 rings (SSSR count). The molecule has 0 saturated carbocycles. The molecule has 2 heteroatoms. The van der Waals surface area contributed by atoms with Gasteiger partial charge in [-0.1, -0.05) is 0 Å². The predicted molar refractivity (Wildman–Crippen MR) is 216 cm³/mol. The number of fused-ring (bicyclic) bond motifs is 2. The van der Waals surface area contributed by atoms with Crippen LogP contribution in [0.2, 0.25) is 13.1 Å². The molecule has 0 saturated heterocycles. The first-order chi connectivity index (χ1) is 22.9. The van der Waals surface area contributed by atoms with E-state index in [4.69, 9.17) is 0 Å². The predicted octanol–water partition coefficient (Wildman–Crippen LogP) is 13.4. The molecule has 0 N–H and O–H groups in total. The first kappa shape index (κ1) is 36.3. The van der Waals surface area contributed by atoms with Gasteiger partial charge in [0.05, 0.1) is 0 Å². The standard InChI is InChI=1S/C23H27.C22H25.C2H7Si.Zr/c1-14-12-20-16(3)15(2)17(4)22(21(20)13-14)18-8-10-19(11-9-18)23(5,6)7;1-15(2)18-13-17-7-6-8-20(21(17)14-18)16-9-11-19(12-10-16)22(3,4)5;1-3-2;/h8-13H,1-7H3;6-15H,1-5H3;3H,1-2H3;. The van der Waals surface area contributed by atoms with Crippen molar-refractivity contribution < 1.29 is 20.9 Å². The van der Waals surface area contributed by atoms with E-state index >= 15 is 0 Å². The van der Waals surface area contributed by atoms with Crippen molar-refractivity contribution in [2.45, 2.75) is 114 Å². The second-order valence-electron chi connectivity index (χ2n) is 17.7. The van der Waals surface area contributed by atoms with Crippen molar-refractivity contribution >= 4 is 18.1 Å². The van der Waals surface area contributed by atoms with Crippen LogP contribution in [0, 0.1) is 26.7 Å². The second kappa shape index (κ2) is 13.2. The van der Waals surface area contributed by atoms with Gasteiger partial charge in [-0.25, -0.2) is 0 Å². The Morgan fingerprint density at radius 2 is 1.16 bits per heavy atom. The molecule has 4 aromatic carbocycles. The Balaban J connectivity index is 1.51. The topological polar surface area (TPSA) is 0 Å². The van der Waals surface area contributed by atoms with Crippen LogP contribution in [0.15, 0.2) is 77.9 Å². The Kier molecular flexibility index (Phi) is 9.78. The average Bonchev–Trinajstić information content (AvgIpc) is 3.58. The summed E-state index contributed by atoms with van der Waals surface area (Å²) in [5.74, 6) is -0.451. The summed E-state index contributed by atoms with van der Waals surface area (Å²) in [6.45, 7) is 33.8. The van der Waals surface area contributed by atoms with E-state index in [1.807, 2.05) is 0 Å². The molecule has 2 aliphatic rings. The van der Waals surface area contributed by atoms with E-state index in [0.717, 1.165) is 0 Å². The zero-order valence-electron chi connectivity index (χ0n) is 32.8. The molecule has 0 heterocycles. The van der Waals surface area contributed by atoms with Gasteiger partial charge in [0.1, 0.15) is 0 Å². The summed E-state index contributed by atoms with van der Waals surface area (Å²) in [5, 5.41) is 0. The zero-order chi connectivity index (χ0) is 35.7. The first-order valence-corrected chi connectivity index (χ1v) is 28.6. The monoisotopic (exact) mass is 741 g/mol. The molecule has 0 spiro atoms. The van der Waals surface area contributed by atoms with Gasteiger partial charge >= 0.3 is 309 Å². The summed E-state index contributed by atoms with van der Waals surface area (Å²) >= 11 is -2.24. The van der Waals surface area contributed by atoms with Crippen LogP contribution in [-0.2, 0) is 31.7 Å². The molecule has 49 heavy (non-hydrogen) atoms. The molecule has 4 aromatic rings. The van der Waals surface area contributed by atoms with Crippen molar-refractivity contribution in [2.24, 2.45) is 5.92 Å². The number of benzene rings is 4. The molecule has 2 atom stereocenters. The third kappa shape index (κ3) is 6.44. The fourth-order valence-corrected chi connectivity index (χ4v) is 32.2. The molecule has 0 fully saturated rings. The van der Waals surface area contributed by atoms with Gasteiger partial charge in [-0.15, -0.1) is 0 Å². The van der Waals surface area contributed by atoms with E-state index in [1.165, 1.54) is 55.6 Å². The van der Waals surface area contributed by atoms with E-state index in [1.54, 1.807) is 27.8 Å². The van der Waals surface area contributed by atoms with Crippen molar-refractivity contribution in [3.8, 4) is 22.3 Å². The first-order valence-electron chi connectivity index (χ1n) is 18.7. The zero-order valence-corrected chi connectivity index (χ0v) is 36.4. The normalized spacial score (nSPS) is 17.4. The molecule has 2 unspecified atom stereocenters. The van der Waals surface area contributed by atoms with Gasteiger partial charge in [0.2, 0.25) is 0 Å². The SMILES string of the molecule is CC1=Cc2c(-c3ccc(C(C)(C)C)cc3)c(C)c(C)c(C)c2[CH]1[Zr]([CH]1C(C(C)C)=Cc2c(-c3ccc(C(C)(C)C)cc3)cccc21)[SiH](C)C. The van der Waals surface area contributed by atoms with Crippen LogP contribution >= 0.6 is 0 Å². The van der Waals surface area contributed by atoms with Gasteiger partial charge in [-0.3, -0.25) is 0 Å². The minimum absolute atomic E-state index is 0.151. The van der Waals surface area contributed by atoms with Crippen LogP contribution < -0.4 is 0 Å². The van der Waals surface area contributed by atoms with Crippen LogP contribution in [0.5, 0.6) is 0 Å². The molecular formula is C47H59SiZr. The molecule has 0 bridgehead atoms. The average molecular weight is 743 g/mol. The number of hydrogen-bond acceptors (Lipinski definition) is 0. The molecule has 0 radical (unpaired) electrons. The van der Waals surface area contributed by atoms with Gasteiger partial charge in [0.25, 0.3) is 0 Å². The fraction of sp³-hybridized carbons (Fsp3) is 0.404. The fourth-order valence-electron chi connectivity index (χ4n) is 8.74. The Bertz CT molecular complexity index is 1950. The van der Waals surface area contributed by atoms with Crippen LogP contribution in [0.3, 0.4) is 0 Å². The summed E-state index contributed by atoms with van der Waals surface area (Å²) in [4.78, 5) is 0. The van der Waals surface area contributed by atoms with Crippen LogP contribution in [0.1, 0.15) is 120 Å². The van der Waals surface area contributed by atoms with Gasteiger partial charge in [-0.2, -0.15) is 0 Å². The van der Waals surface area contributed by atoms with Gasteiger partial charge < -0.3 is 0 Å². The van der Waals surface area contributed by atoms with Crippen LogP contribution in [-0.4, -0.2) is 5.92 Å². The summed E-state index contributed by atoms with van der Waals surface area (Å²) < 4.78 is 1.26. The van der Waals surface area contributed by atoms with Gasteiger partial charge in [0.15, 0.2) is 0 Å².